The largest absolute Gasteiger partial charge is 0.330 e. The van der Waals surface area contributed by atoms with E-state index in [1.807, 2.05) is 6.92 Å². The third kappa shape index (κ3) is 4.84. The lowest BCUT2D eigenvalue weighted by molar-refractivity contribution is 0.0317. The minimum Gasteiger partial charge on any atom is -0.330 e. The molecule has 1 aromatic heterocycles. The van der Waals surface area contributed by atoms with Crippen molar-refractivity contribution in [1.29, 1.82) is 0 Å². The summed E-state index contributed by atoms with van der Waals surface area (Å²) >= 11 is 0. The number of aromatic nitrogens is 2. The Morgan fingerprint density at radius 3 is 2.59 bits per heavy atom. The number of aryl methyl sites for hydroxylation is 1. The summed E-state index contributed by atoms with van der Waals surface area (Å²) in [5.41, 5.74) is 0.548. The first-order valence-corrected chi connectivity index (χ1v) is 11.6. The standard InChI is InChI=1S/C18H30N4O3S.ClH/c1-3-5-6-7-10-20-11-12-21(17-14-26(24,25)13-16(17)20)18(23)15-8-9-19-22(15)4-2;/h8-9,16-17H,3-7,10-14H2,1-2H3;1H/t16-,17+;/m1./s1. The molecular weight excluding hydrogens is 388 g/mol. The molecule has 2 aliphatic heterocycles. The highest BCUT2D eigenvalue weighted by Crippen LogP contribution is 2.28. The average molecular weight is 419 g/mol. The number of rotatable bonds is 7. The molecule has 2 aliphatic rings. The van der Waals surface area contributed by atoms with E-state index in [0.29, 0.717) is 18.8 Å². The molecule has 154 valence electrons. The van der Waals surface area contributed by atoms with Crippen molar-refractivity contribution >= 4 is 28.2 Å². The Morgan fingerprint density at radius 2 is 1.89 bits per heavy atom. The number of hydrogen-bond donors (Lipinski definition) is 0. The Labute approximate surface area is 168 Å². The van der Waals surface area contributed by atoms with Crippen LogP contribution in [0.5, 0.6) is 0 Å². The van der Waals surface area contributed by atoms with Gasteiger partial charge < -0.3 is 4.90 Å². The van der Waals surface area contributed by atoms with Gasteiger partial charge in [0.25, 0.3) is 5.91 Å². The molecule has 2 atom stereocenters. The maximum Gasteiger partial charge on any atom is 0.272 e. The predicted octanol–water partition coefficient (Wildman–Crippen LogP) is 1.83. The molecule has 2 fully saturated rings. The summed E-state index contributed by atoms with van der Waals surface area (Å²) in [6.07, 6.45) is 6.30. The molecule has 1 aromatic rings. The normalized spacial score (nSPS) is 24.4. The second-order valence-corrected chi connectivity index (χ2v) is 9.49. The van der Waals surface area contributed by atoms with Gasteiger partial charge in [-0.3, -0.25) is 14.4 Å². The summed E-state index contributed by atoms with van der Waals surface area (Å²) in [6, 6.07) is 1.41. The zero-order chi connectivity index (χ0) is 18.7. The Morgan fingerprint density at radius 1 is 1.15 bits per heavy atom. The van der Waals surface area contributed by atoms with Gasteiger partial charge in [-0.1, -0.05) is 26.2 Å². The molecule has 3 heterocycles. The van der Waals surface area contributed by atoms with Crippen LogP contribution in [0.4, 0.5) is 0 Å². The summed E-state index contributed by atoms with van der Waals surface area (Å²) in [4.78, 5) is 17.1. The van der Waals surface area contributed by atoms with E-state index in [1.165, 1.54) is 19.3 Å². The first kappa shape index (κ1) is 22.2. The van der Waals surface area contributed by atoms with Crippen molar-refractivity contribution in [3.63, 3.8) is 0 Å². The molecule has 7 nitrogen and oxygen atoms in total. The van der Waals surface area contributed by atoms with Gasteiger partial charge in [0.05, 0.1) is 17.5 Å². The fraction of sp³-hybridized carbons (Fsp3) is 0.778. The lowest BCUT2D eigenvalue weighted by Gasteiger charge is -2.44. The molecule has 0 bridgehead atoms. The van der Waals surface area contributed by atoms with E-state index in [2.05, 4.69) is 16.9 Å². The highest BCUT2D eigenvalue weighted by Gasteiger charge is 2.48. The zero-order valence-corrected chi connectivity index (χ0v) is 17.8. The average Bonchev–Trinajstić information content (AvgIpc) is 3.20. The summed E-state index contributed by atoms with van der Waals surface area (Å²) in [6.45, 7) is 7.00. The summed E-state index contributed by atoms with van der Waals surface area (Å²) in [5, 5.41) is 4.18. The van der Waals surface area contributed by atoms with E-state index < -0.39 is 9.84 Å². The van der Waals surface area contributed by atoms with Gasteiger partial charge in [-0.15, -0.1) is 12.4 Å². The molecule has 1 amide bonds. The second-order valence-electron chi connectivity index (χ2n) is 7.34. The zero-order valence-electron chi connectivity index (χ0n) is 16.2. The van der Waals surface area contributed by atoms with Crippen LogP contribution in [0.3, 0.4) is 0 Å². The molecule has 0 radical (unpaired) electrons. The Hall–Kier alpha value is -1.12. The van der Waals surface area contributed by atoms with Crippen LogP contribution in [0, 0.1) is 0 Å². The molecule has 0 aromatic carbocycles. The van der Waals surface area contributed by atoms with E-state index >= 15 is 0 Å². The second kappa shape index (κ2) is 9.39. The Balaban J connectivity index is 0.00000261. The fourth-order valence-electron chi connectivity index (χ4n) is 4.21. The van der Waals surface area contributed by atoms with E-state index in [-0.39, 0.29) is 41.9 Å². The Kier molecular flexibility index (Phi) is 7.71. The van der Waals surface area contributed by atoms with E-state index in [0.717, 1.165) is 19.5 Å². The van der Waals surface area contributed by atoms with Gasteiger partial charge in [0.15, 0.2) is 9.84 Å². The Bertz CT molecular complexity index is 737. The van der Waals surface area contributed by atoms with E-state index in [4.69, 9.17) is 0 Å². The SMILES string of the molecule is CCCCCCN1CCN(C(=O)c2ccnn2CC)[C@H]2CS(=O)(=O)C[C@H]21.Cl. The van der Waals surface area contributed by atoms with Crippen LogP contribution in [-0.2, 0) is 16.4 Å². The molecule has 0 spiro atoms. The predicted molar refractivity (Wildman–Crippen MR) is 108 cm³/mol. The highest BCUT2D eigenvalue weighted by molar-refractivity contribution is 7.91. The molecule has 0 saturated carbocycles. The number of hydrogen-bond acceptors (Lipinski definition) is 5. The van der Waals surface area contributed by atoms with E-state index in [1.54, 1.807) is 21.8 Å². The van der Waals surface area contributed by atoms with Gasteiger partial charge in [-0.25, -0.2) is 8.42 Å². The fourth-order valence-corrected chi connectivity index (χ4v) is 6.22. The van der Waals surface area contributed by atoms with Crippen LogP contribution in [0.2, 0.25) is 0 Å². The molecule has 27 heavy (non-hydrogen) atoms. The number of unbranched alkanes of at least 4 members (excludes halogenated alkanes) is 3. The van der Waals surface area contributed by atoms with Crippen molar-refractivity contribution in [2.45, 2.75) is 58.2 Å². The van der Waals surface area contributed by atoms with Crippen molar-refractivity contribution in [2.75, 3.05) is 31.1 Å². The minimum absolute atomic E-state index is 0. The highest BCUT2D eigenvalue weighted by atomic mass is 35.5. The van der Waals surface area contributed by atoms with Gasteiger partial charge in [-0.05, 0) is 26.0 Å². The molecule has 0 unspecified atom stereocenters. The van der Waals surface area contributed by atoms with Crippen LogP contribution in [0.1, 0.15) is 50.0 Å². The van der Waals surface area contributed by atoms with Crippen LogP contribution >= 0.6 is 12.4 Å². The third-order valence-corrected chi connectivity index (χ3v) is 7.28. The van der Waals surface area contributed by atoms with E-state index in [9.17, 15) is 13.2 Å². The number of nitrogens with zero attached hydrogens (tertiary/aromatic N) is 4. The van der Waals surface area contributed by atoms with Crippen LogP contribution in [0.25, 0.3) is 0 Å². The number of fused-ring (bicyclic) bond motifs is 1. The van der Waals surface area contributed by atoms with Gasteiger partial charge >= 0.3 is 0 Å². The first-order chi connectivity index (χ1) is 12.5. The maximum atomic E-state index is 13.1. The number of halogens is 1. The maximum absolute atomic E-state index is 13.1. The number of carbonyl (C=O) groups is 1. The van der Waals surface area contributed by atoms with Gasteiger partial charge in [-0.2, -0.15) is 5.10 Å². The van der Waals surface area contributed by atoms with Gasteiger partial charge in [0.1, 0.15) is 5.69 Å². The summed E-state index contributed by atoms with van der Waals surface area (Å²) < 4.78 is 26.3. The molecule has 3 rings (SSSR count). The number of piperazine rings is 1. The molecule has 0 N–H and O–H groups in total. The minimum atomic E-state index is -3.11. The van der Waals surface area contributed by atoms with Crippen molar-refractivity contribution in [1.82, 2.24) is 19.6 Å². The quantitative estimate of drug-likeness (QED) is 0.631. The number of carbonyl (C=O) groups excluding carboxylic acids is 1. The van der Waals surface area contributed by atoms with Crippen LogP contribution in [-0.4, -0.2) is 77.1 Å². The van der Waals surface area contributed by atoms with Crippen molar-refractivity contribution in [3.8, 4) is 0 Å². The molecule has 2 saturated heterocycles. The number of amides is 1. The molecule has 0 aliphatic carbocycles. The monoisotopic (exact) mass is 418 g/mol. The van der Waals surface area contributed by atoms with Crippen LogP contribution < -0.4 is 0 Å². The lowest BCUT2D eigenvalue weighted by Crippen LogP contribution is -2.60. The molecular formula is C18H31ClN4O3S. The summed E-state index contributed by atoms with van der Waals surface area (Å²) in [5.74, 6) is 0.152. The molecule has 9 heteroatoms. The van der Waals surface area contributed by atoms with Crippen molar-refractivity contribution in [2.24, 2.45) is 0 Å². The summed E-state index contributed by atoms with van der Waals surface area (Å²) in [7, 11) is -3.11. The van der Waals surface area contributed by atoms with Crippen molar-refractivity contribution in [3.05, 3.63) is 18.0 Å². The smallest absolute Gasteiger partial charge is 0.272 e. The first-order valence-electron chi connectivity index (χ1n) is 9.74. The number of sulfone groups is 1. The third-order valence-electron chi connectivity index (χ3n) is 5.59. The van der Waals surface area contributed by atoms with Crippen molar-refractivity contribution < 1.29 is 13.2 Å². The van der Waals surface area contributed by atoms with Gasteiger partial charge in [0.2, 0.25) is 0 Å². The van der Waals surface area contributed by atoms with Gasteiger partial charge in [0, 0.05) is 31.9 Å². The van der Waals surface area contributed by atoms with Crippen LogP contribution in [0.15, 0.2) is 12.3 Å². The topological polar surface area (TPSA) is 75.5 Å². The lowest BCUT2D eigenvalue weighted by atomic mass is 10.0.